The topological polar surface area (TPSA) is 55.6 Å². The van der Waals surface area contributed by atoms with E-state index >= 15 is 0 Å². The first kappa shape index (κ1) is 12.8. The summed E-state index contributed by atoms with van der Waals surface area (Å²) in [5.74, 6) is 0.206. The van der Waals surface area contributed by atoms with Gasteiger partial charge in [-0.05, 0) is 26.7 Å². The molecular formula is C13H24N2O2. The van der Waals surface area contributed by atoms with E-state index in [1.165, 1.54) is 12.8 Å². The zero-order valence-electron chi connectivity index (χ0n) is 10.9. The first-order chi connectivity index (χ1) is 8.00. The van der Waals surface area contributed by atoms with Gasteiger partial charge in [-0.15, -0.1) is 0 Å². The van der Waals surface area contributed by atoms with Crippen molar-refractivity contribution in [2.75, 3.05) is 13.2 Å². The Bertz CT molecular complexity index is 287. The highest BCUT2D eigenvalue weighted by Crippen LogP contribution is 2.31. The first-order valence-corrected chi connectivity index (χ1v) is 6.70. The van der Waals surface area contributed by atoms with Crippen LogP contribution < -0.4 is 5.73 Å². The van der Waals surface area contributed by atoms with Crippen LogP contribution in [0.25, 0.3) is 0 Å². The van der Waals surface area contributed by atoms with E-state index in [1.54, 1.807) is 0 Å². The Morgan fingerprint density at radius 3 is 2.71 bits per heavy atom. The fraction of sp³-hybridized carbons (Fsp3) is 0.923. The van der Waals surface area contributed by atoms with E-state index in [-0.39, 0.29) is 23.6 Å². The van der Waals surface area contributed by atoms with Crippen LogP contribution in [0.3, 0.4) is 0 Å². The molecule has 1 heterocycles. The molecule has 98 valence electrons. The van der Waals surface area contributed by atoms with Gasteiger partial charge >= 0.3 is 0 Å². The summed E-state index contributed by atoms with van der Waals surface area (Å²) < 4.78 is 5.54. The molecule has 0 bridgehead atoms. The predicted octanol–water partition coefficient (Wildman–Crippen LogP) is 1.28. The summed E-state index contributed by atoms with van der Waals surface area (Å²) in [6.07, 6.45) is 4.97. The number of ether oxygens (including phenoxy) is 1. The van der Waals surface area contributed by atoms with Crippen LogP contribution in [0.15, 0.2) is 0 Å². The molecule has 4 nitrogen and oxygen atoms in total. The number of morpholine rings is 1. The molecule has 2 unspecified atom stereocenters. The third kappa shape index (κ3) is 2.99. The van der Waals surface area contributed by atoms with E-state index < -0.39 is 0 Å². The third-order valence-corrected chi connectivity index (χ3v) is 4.03. The van der Waals surface area contributed by atoms with Crippen molar-refractivity contribution in [1.82, 2.24) is 4.90 Å². The van der Waals surface area contributed by atoms with Crippen molar-refractivity contribution in [2.45, 2.75) is 63.6 Å². The van der Waals surface area contributed by atoms with Crippen molar-refractivity contribution in [3.8, 4) is 0 Å². The standard InChI is InChI=1S/C13H24N2O2/c1-10-9-17-11(2)8-15(10)12(16)7-13(14)5-3-4-6-13/h10-11H,3-9,14H2,1-2H3. The van der Waals surface area contributed by atoms with E-state index in [0.717, 1.165) is 12.8 Å². The van der Waals surface area contributed by atoms with E-state index in [4.69, 9.17) is 10.5 Å². The van der Waals surface area contributed by atoms with Gasteiger partial charge < -0.3 is 15.4 Å². The third-order valence-electron chi connectivity index (χ3n) is 4.03. The first-order valence-electron chi connectivity index (χ1n) is 6.70. The summed E-state index contributed by atoms with van der Waals surface area (Å²) in [5.41, 5.74) is 6.03. The van der Waals surface area contributed by atoms with Gasteiger partial charge in [-0.2, -0.15) is 0 Å². The molecule has 17 heavy (non-hydrogen) atoms. The van der Waals surface area contributed by atoms with Crippen molar-refractivity contribution in [1.29, 1.82) is 0 Å². The fourth-order valence-electron chi connectivity index (χ4n) is 2.91. The maximum atomic E-state index is 12.3. The summed E-state index contributed by atoms with van der Waals surface area (Å²) >= 11 is 0. The van der Waals surface area contributed by atoms with Gasteiger partial charge in [-0.3, -0.25) is 4.79 Å². The molecule has 1 saturated heterocycles. The van der Waals surface area contributed by atoms with Gasteiger partial charge in [0.05, 0.1) is 18.8 Å². The van der Waals surface area contributed by atoms with Crippen LogP contribution >= 0.6 is 0 Å². The molecule has 0 aromatic carbocycles. The lowest BCUT2D eigenvalue weighted by molar-refractivity contribution is -0.144. The highest BCUT2D eigenvalue weighted by molar-refractivity contribution is 5.78. The monoisotopic (exact) mass is 240 g/mol. The number of hydrogen-bond donors (Lipinski definition) is 1. The Kier molecular flexibility index (Phi) is 3.73. The van der Waals surface area contributed by atoms with Crippen LogP contribution in [0.5, 0.6) is 0 Å². The van der Waals surface area contributed by atoms with Crippen LogP contribution in [-0.2, 0) is 9.53 Å². The zero-order chi connectivity index (χ0) is 12.5. The molecule has 0 aromatic rings. The summed E-state index contributed by atoms with van der Waals surface area (Å²) in [4.78, 5) is 14.3. The number of nitrogens with two attached hydrogens (primary N) is 1. The number of rotatable bonds is 2. The van der Waals surface area contributed by atoms with Gasteiger partial charge in [0.2, 0.25) is 5.91 Å². The Labute approximate surface area is 103 Å². The zero-order valence-corrected chi connectivity index (χ0v) is 10.9. The Morgan fingerprint density at radius 1 is 1.41 bits per heavy atom. The van der Waals surface area contributed by atoms with Crippen molar-refractivity contribution in [3.63, 3.8) is 0 Å². The molecule has 0 spiro atoms. The van der Waals surface area contributed by atoms with E-state index in [0.29, 0.717) is 19.6 Å². The molecule has 0 aromatic heterocycles. The normalized spacial score (nSPS) is 32.8. The summed E-state index contributed by atoms with van der Waals surface area (Å²) in [6, 6.07) is 0.184. The van der Waals surface area contributed by atoms with Crippen LogP contribution in [0.2, 0.25) is 0 Å². The van der Waals surface area contributed by atoms with E-state index in [9.17, 15) is 4.79 Å². The quantitative estimate of drug-likeness (QED) is 0.791. The molecule has 2 atom stereocenters. The lowest BCUT2D eigenvalue weighted by atomic mass is 9.93. The highest BCUT2D eigenvalue weighted by Gasteiger charge is 2.35. The second kappa shape index (κ2) is 4.94. The highest BCUT2D eigenvalue weighted by atomic mass is 16.5. The molecule has 1 amide bonds. The van der Waals surface area contributed by atoms with Crippen molar-refractivity contribution < 1.29 is 9.53 Å². The lowest BCUT2D eigenvalue weighted by Gasteiger charge is -2.38. The van der Waals surface area contributed by atoms with Gasteiger partial charge in [0.25, 0.3) is 0 Å². The summed E-state index contributed by atoms with van der Waals surface area (Å²) in [5, 5.41) is 0. The van der Waals surface area contributed by atoms with Gasteiger partial charge in [0.15, 0.2) is 0 Å². The van der Waals surface area contributed by atoms with Crippen molar-refractivity contribution >= 4 is 5.91 Å². The van der Waals surface area contributed by atoms with E-state index in [2.05, 4.69) is 0 Å². The smallest absolute Gasteiger partial charge is 0.224 e. The molecule has 2 fully saturated rings. The average Bonchev–Trinajstić information content (AvgIpc) is 2.68. The van der Waals surface area contributed by atoms with Crippen LogP contribution in [0.1, 0.15) is 46.0 Å². The maximum absolute atomic E-state index is 12.3. The minimum atomic E-state index is -0.238. The fourth-order valence-corrected chi connectivity index (χ4v) is 2.91. The second-order valence-corrected chi connectivity index (χ2v) is 5.79. The van der Waals surface area contributed by atoms with Gasteiger partial charge in [-0.25, -0.2) is 0 Å². The molecule has 0 radical (unpaired) electrons. The van der Waals surface area contributed by atoms with E-state index in [1.807, 2.05) is 18.7 Å². The molecule has 2 aliphatic rings. The average molecular weight is 240 g/mol. The minimum Gasteiger partial charge on any atom is -0.375 e. The molecule has 2 rings (SSSR count). The molecule has 1 aliphatic carbocycles. The van der Waals surface area contributed by atoms with Crippen LogP contribution in [-0.4, -0.2) is 41.6 Å². The molecule has 1 saturated carbocycles. The number of carbonyl (C=O) groups excluding carboxylic acids is 1. The van der Waals surface area contributed by atoms with Crippen LogP contribution in [0, 0.1) is 0 Å². The number of amides is 1. The Morgan fingerprint density at radius 2 is 2.06 bits per heavy atom. The Hall–Kier alpha value is -0.610. The largest absolute Gasteiger partial charge is 0.375 e. The number of nitrogens with zero attached hydrogens (tertiary/aromatic N) is 1. The SMILES string of the molecule is CC1CN(C(=O)CC2(N)CCCC2)C(C)CO1. The number of carbonyl (C=O) groups is 1. The van der Waals surface area contributed by atoms with Crippen molar-refractivity contribution in [3.05, 3.63) is 0 Å². The van der Waals surface area contributed by atoms with Crippen LogP contribution in [0.4, 0.5) is 0 Å². The van der Waals surface area contributed by atoms with Gasteiger partial charge in [-0.1, -0.05) is 12.8 Å². The molecular weight excluding hydrogens is 216 g/mol. The number of hydrogen-bond acceptors (Lipinski definition) is 3. The second-order valence-electron chi connectivity index (χ2n) is 5.79. The molecule has 1 aliphatic heterocycles. The Balaban J connectivity index is 1.94. The molecule has 2 N–H and O–H groups in total. The minimum absolute atomic E-state index is 0.146. The molecule has 4 heteroatoms. The maximum Gasteiger partial charge on any atom is 0.224 e. The lowest BCUT2D eigenvalue weighted by Crippen LogP contribution is -2.53. The van der Waals surface area contributed by atoms with Gasteiger partial charge in [0.1, 0.15) is 0 Å². The predicted molar refractivity (Wildman–Crippen MR) is 66.6 cm³/mol. The summed E-state index contributed by atoms with van der Waals surface area (Å²) in [7, 11) is 0. The van der Waals surface area contributed by atoms with Crippen molar-refractivity contribution in [2.24, 2.45) is 5.73 Å². The summed E-state index contributed by atoms with van der Waals surface area (Å²) in [6.45, 7) is 5.40. The van der Waals surface area contributed by atoms with Gasteiger partial charge in [0, 0.05) is 18.5 Å².